The summed E-state index contributed by atoms with van der Waals surface area (Å²) >= 11 is 0. The standard InChI is InChI=1S/C19H24N2O3S/c1-13-8-9-17(14(2)10-13)19(21-18(22)12-20-3)15-6-5-7-16(11-15)25(4,23)24/h5-11,19-20H,12H2,1-4H3,(H,21,22). The molecule has 0 heterocycles. The van der Waals surface area contributed by atoms with Gasteiger partial charge in [-0.05, 0) is 49.7 Å². The van der Waals surface area contributed by atoms with Crippen molar-refractivity contribution in [3.8, 4) is 0 Å². The van der Waals surface area contributed by atoms with Crippen molar-refractivity contribution < 1.29 is 13.2 Å². The molecule has 0 aliphatic carbocycles. The van der Waals surface area contributed by atoms with E-state index in [0.717, 1.165) is 22.3 Å². The predicted octanol–water partition coefficient (Wildman–Crippen LogP) is 2.13. The van der Waals surface area contributed by atoms with Crippen molar-refractivity contribution in [2.75, 3.05) is 19.8 Å². The largest absolute Gasteiger partial charge is 0.344 e. The fourth-order valence-corrected chi connectivity index (χ4v) is 3.46. The number of nitrogens with one attached hydrogen (secondary N) is 2. The Bertz CT molecular complexity index is 876. The molecule has 25 heavy (non-hydrogen) atoms. The number of amides is 1. The second kappa shape index (κ2) is 7.80. The van der Waals surface area contributed by atoms with Gasteiger partial charge in [-0.2, -0.15) is 0 Å². The molecule has 134 valence electrons. The van der Waals surface area contributed by atoms with Crippen LogP contribution in [0.25, 0.3) is 0 Å². The first-order valence-electron chi connectivity index (χ1n) is 8.03. The summed E-state index contributed by atoms with van der Waals surface area (Å²) in [6.07, 6.45) is 1.18. The topological polar surface area (TPSA) is 75.3 Å². The molecular weight excluding hydrogens is 336 g/mol. The summed E-state index contributed by atoms with van der Waals surface area (Å²) in [6, 6.07) is 12.3. The van der Waals surface area contributed by atoms with Gasteiger partial charge in [0.25, 0.3) is 0 Å². The van der Waals surface area contributed by atoms with Crippen molar-refractivity contribution in [2.45, 2.75) is 24.8 Å². The van der Waals surface area contributed by atoms with Gasteiger partial charge in [0.15, 0.2) is 9.84 Å². The fraction of sp³-hybridized carbons (Fsp3) is 0.316. The molecule has 1 amide bonds. The zero-order valence-electron chi connectivity index (χ0n) is 15.0. The average Bonchev–Trinajstić information content (AvgIpc) is 2.53. The van der Waals surface area contributed by atoms with Gasteiger partial charge in [-0.25, -0.2) is 8.42 Å². The Labute approximate surface area is 149 Å². The predicted molar refractivity (Wildman–Crippen MR) is 99.4 cm³/mol. The minimum Gasteiger partial charge on any atom is -0.344 e. The van der Waals surface area contributed by atoms with Crippen molar-refractivity contribution in [3.05, 3.63) is 64.7 Å². The molecule has 5 nitrogen and oxygen atoms in total. The maximum absolute atomic E-state index is 12.2. The molecule has 6 heteroatoms. The number of rotatable bonds is 6. The van der Waals surface area contributed by atoms with Gasteiger partial charge in [0, 0.05) is 6.26 Å². The first kappa shape index (κ1) is 19.1. The molecule has 0 bridgehead atoms. The van der Waals surface area contributed by atoms with Gasteiger partial charge >= 0.3 is 0 Å². The van der Waals surface area contributed by atoms with Crippen LogP contribution in [0.2, 0.25) is 0 Å². The van der Waals surface area contributed by atoms with E-state index in [2.05, 4.69) is 10.6 Å². The summed E-state index contributed by atoms with van der Waals surface area (Å²) in [4.78, 5) is 12.4. The number of likely N-dealkylation sites (N-methyl/N-ethyl adjacent to an activating group) is 1. The summed E-state index contributed by atoms with van der Waals surface area (Å²) in [5.74, 6) is -0.155. The Morgan fingerprint density at radius 3 is 2.44 bits per heavy atom. The molecule has 0 saturated heterocycles. The Hall–Kier alpha value is -2.18. The average molecular weight is 360 g/mol. The van der Waals surface area contributed by atoms with Gasteiger partial charge in [-0.15, -0.1) is 0 Å². The Balaban J connectivity index is 2.53. The van der Waals surface area contributed by atoms with Crippen LogP contribution in [0.5, 0.6) is 0 Å². The Morgan fingerprint density at radius 1 is 1.12 bits per heavy atom. The monoisotopic (exact) mass is 360 g/mol. The van der Waals surface area contributed by atoms with Crippen molar-refractivity contribution in [2.24, 2.45) is 0 Å². The molecule has 0 aromatic heterocycles. The SMILES string of the molecule is CNCC(=O)NC(c1cccc(S(C)(=O)=O)c1)c1ccc(C)cc1C. The quantitative estimate of drug-likeness (QED) is 0.828. The lowest BCUT2D eigenvalue weighted by Gasteiger charge is -2.22. The number of aryl methyl sites for hydroxylation is 2. The van der Waals surface area contributed by atoms with E-state index in [1.165, 1.54) is 6.26 Å². The van der Waals surface area contributed by atoms with Crippen LogP contribution in [0.4, 0.5) is 0 Å². The summed E-state index contributed by atoms with van der Waals surface area (Å²) in [7, 11) is -1.62. The highest BCUT2D eigenvalue weighted by Crippen LogP contribution is 2.27. The summed E-state index contributed by atoms with van der Waals surface area (Å²) in [5.41, 5.74) is 3.85. The third kappa shape index (κ3) is 4.90. The van der Waals surface area contributed by atoms with Crippen molar-refractivity contribution in [1.82, 2.24) is 10.6 Å². The highest BCUT2D eigenvalue weighted by Gasteiger charge is 2.20. The Kier molecular flexibility index (Phi) is 5.98. The molecule has 0 spiro atoms. The Morgan fingerprint density at radius 2 is 1.84 bits per heavy atom. The summed E-state index contributed by atoms with van der Waals surface area (Å²) in [6.45, 7) is 4.18. The van der Waals surface area contributed by atoms with Crippen LogP contribution in [-0.4, -0.2) is 34.2 Å². The highest BCUT2D eigenvalue weighted by atomic mass is 32.2. The first-order chi connectivity index (χ1) is 11.7. The van der Waals surface area contributed by atoms with Crippen LogP contribution in [0.3, 0.4) is 0 Å². The number of hydrogen-bond acceptors (Lipinski definition) is 4. The minimum absolute atomic E-state index is 0.155. The van der Waals surface area contributed by atoms with E-state index in [4.69, 9.17) is 0 Å². The van der Waals surface area contributed by atoms with E-state index in [1.54, 1.807) is 25.2 Å². The van der Waals surface area contributed by atoms with E-state index in [-0.39, 0.29) is 17.3 Å². The maximum Gasteiger partial charge on any atom is 0.234 e. The zero-order chi connectivity index (χ0) is 18.6. The van der Waals surface area contributed by atoms with E-state index >= 15 is 0 Å². The smallest absolute Gasteiger partial charge is 0.234 e. The lowest BCUT2D eigenvalue weighted by atomic mass is 9.93. The molecule has 2 aromatic rings. The fourth-order valence-electron chi connectivity index (χ4n) is 2.79. The first-order valence-corrected chi connectivity index (χ1v) is 9.92. The van der Waals surface area contributed by atoms with Crippen molar-refractivity contribution in [3.63, 3.8) is 0 Å². The van der Waals surface area contributed by atoms with Crippen LogP contribution in [0.1, 0.15) is 28.3 Å². The summed E-state index contributed by atoms with van der Waals surface area (Å²) < 4.78 is 23.8. The molecule has 0 aliphatic heterocycles. The van der Waals surface area contributed by atoms with E-state index in [9.17, 15) is 13.2 Å². The highest BCUT2D eigenvalue weighted by molar-refractivity contribution is 7.90. The lowest BCUT2D eigenvalue weighted by Crippen LogP contribution is -2.35. The van der Waals surface area contributed by atoms with Crippen LogP contribution in [-0.2, 0) is 14.6 Å². The maximum atomic E-state index is 12.2. The normalized spacial score (nSPS) is 12.6. The van der Waals surface area contributed by atoms with Gasteiger partial charge in [0.2, 0.25) is 5.91 Å². The molecule has 0 aliphatic rings. The minimum atomic E-state index is -3.32. The van der Waals surface area contributed by atoms with Crippen molar-refractivity contribution in [1.29, 1.82) is 0 Å². The second-order valence-corrected chi connectivity index (χ2v) is 8.25. The van der Waals surface area contributed by atoms with E-state index in [1.807, 2.05) is 38.1 Å². The van der Waals surface area contributed by atoms with Gasteiger partial charge in [0.05, 0.1) is 17.5 Å². The lowest BCUT2D eigenvalue weighted by molar-refractivity contribution is -0.120. The molecular formula is C19H24N2O3S. The van der Waals surface area contributed by atoms with Crippen LogP contribution in [0, 0.1) is 13.8 Å². The molecule has 1 atom stereocenters. The van der Waals surface area contributed by atoms with Crippen molar-refractivity contribution >= 4 is 15.7 Å². The van der Waals surface area contributed by atoms with Gasteiger partial charge in [0.1, 0.15) is 0 Å². The second-order valence-electron chi connectivity index (χ2n) is 6.24. The molecule has 0 fully saturated rings. The van der Waals surface area contributed by atoms with Gasteiger partial charge in [-0.1, -0.05) is 35.9 Å². The molecule has 2 aromatic carbocycles. The molecule has 0 radical (unpaired) electrons. The molecule has 1 unspecified atom stereocenters. The molecule has 0 saturated carbocycles. The van der Waals surface area contributed by atoms with Crippen LogP contribution < -0.4 is 10.6 Å². The van der Waals surface area contributed by atoms with Crippen LogP contribution in [0.15, 0.2) is 47.4 Å². The van der Waals surface area contributed by atoms with Gasteiger partial charge < -0.3 is 10.6 Å². The summed E-state index contributed by atoms with van der Waals surface area (Å²) in [5, 5.41) is 5.82. The van der Waals surface area contributed by atoms with Gasteiger partial charge in [-0.3, -0.25) is 4.79 Å². The molecule has 2 N–H and O–H groups in total. The van der Waals surface area contributed by atoms with E-state index in [0.29, 0.717) is 0 Å². The zero-order valence-corrected chi connectivity index (χ0v) is 15.8. The number of sulfone groups is 1. The van der Waals surface area contributed by atoms with Crippen LogP contribution >= 0.6 is 0 Å². The van der Waals surface area contributed by atoms with E-state index < -0.39 is 15.9 Å². The number of carbonyl (C=O) groups excluding carboxylic acids is 1. The number of benzene rings is 2. The number of hydrogen-bond donors (Lipinski definition) is 2. The molecule has 2 rings (SSSR count). The number of carbonyl (C=O) groups is 1. The third-order valence-electron chi connectivity index (χ3n) is 4.00. The third-order valence-corrected chi connectivity index (χ3v) is 5.11.